The number of carbonyl (C=O) groups excluding carboxylic acids is 1. The smallest absolute Gasteiger partial charge is 0.264 e. The summed E-state index contributed by atoms with van der Waals surface area (Å²) in [6.07, 6.45) is 10.7. The van der Waals surface area contributed by atoms with Crippen molar-refractivity contribution in [1.82, 2.24) is 4.72 Å². The van der Waals surface area contributed by atoms with Gasteiger partial charge in [0.05, 0.1) is 23.6 Å². The van der Waals surface area contributed by atoms with Crippen LogP contribution in [-0.2, 0) is 26.6 Å². The number of carbonyl (C=O) groups is 1. The van der Waals surface area contributed by atoms with Crippen molar-refractivity contribution in [1.29, 1.82) is 0 Å². The molecule has 8 nitrogen and oxygen atoms in total. The van der Waals surface area contributed by atoms with Gasteiger partial charge in [-0.2, -0.15) is 0 Å². The molecule has 0 unspecified atom stereocenters. The summed E-state index contributed by atoms with van der Waals surface area (Å²) in [7, 11) is -4.01. The molecule has 2 bridgehead atoms. The summed E-state index contributed by atoms with van der Waals surface area (Å²) < 4.78 is 42.5. The zero-order valence-corrected chi connectivity index (χ0v) is 28.8. The van der Waals surface area contributed by atoms with Crippen LogP contribution in [0, 0.1) is 23.7 Å². The van der Waals surface area contributed by atoms with E-state index in [1.54, 1.807) is 12.1 Å². The first-order chi connectivity index (χ1) is 22.6. The number of sulfonamides is 1. The summed E-state index contributed by atoms with van der Waals surface area (Å²) in [6.45, 7) is 5.09. The minimum absolute atomic E-state index is 0.115. The normalized spacial score (nSPS) is 33.4. The van der Waals surface area contributed by atoms with Gasteiger partial charge in [-0.1, -0.05) is 36.7 Å². The fourth-order valence-corrected chi connectivity index (χ4v) is 10.7. The SMILES string of the molecule is C[C@H]1C/C=C\[C@H](O)[C@@H]2CC[C@H]2CN2C[C@@]3(CCCc4cc(Cl)ccc43)COc3ccc(cc32)C(=O)NS(=O)(=O)[C@@H]1CC1CCOCC1. The van der Waals surface area contributed by atoms with Crippen molar-refractivity contribution >= 4 is 33.2 Å². The lowest BCUT2D eigenvalue weighted by Gasteiger charge is -2.45. The molecule has 2 N–H and O–H groups in total. The third kappa shape index (κ3) is 6.70. The number of aryl methyl sites for hydroxylation is 1. The lowest BCUT2D eigenvalue weighted by Crippen LogP contribution is -2.49. The molecule has 254 valence electrons. The van der Waals surface area contributed by atoms with Crippen LogP contribution in [0.25, 0.3) is 0 Å². The van der Waals surface area contributed by atoms with Gasteiger partial charge in [-0.15, -0.1) is 0 Å². The Morgan fingerprint density at radius 2 is 1.94 bits per heavy atom. The minimum Gasteiger partial charge on any atom is -0.490 e. The molecule has 2 aromatic carbocycles. The monoisotopic (exact) mass is 682 g/mol. The van der Waals surface area contributed by atoms with Crippen molar-refractivity contribution in [2.75, 3.05) is 37.8 Å². The van der Waals surface area contributed by atoms with Crippen LogP contribution in [0.2, 0.25) is 5.02 Å². The van der Waals surface area contributed by atoms with Gasteiger partial charge < -0.3 is 19.5 Å². The topological polar surface area (TPSA) is 105 Å². The summed E-state index contributed by atoms with van der Waals surface area (Å²) in [5.74, 6) is 0.431. The second kappa shape index (κ2) is 13.4. The molecule has 1 spiro atoms. The Labute approximate surface area is 283 Å². The Hall–Kier alpha value is -2.59. The van der Waals surface area contributed by atoms with Gasteiger partial charge >= 0.3 is 0 Å². The zero-order chi connectivity index (χ0) is 32.8. The fourth-order valence-electron chi connectivity index (χ4n) is 8.78. The Morgan fingerprint density at radius 3 is 2.72 bits per heavy atom. The highest BCUT2D eigenvalue weighted by Crippen LogP contribution is 2.47. The maximum atomic E-state index is 14.0. The minimum atomic E-state index is -4.01. The number of amides is 1. The molecule has 10 heteroatoms. The number of nitrogens with zero attached hydrogens (tertiary/aromatic N) is 1. The Bertz CT molecular complexity index is 1620. The predicted molar refractivity (Wildman–Crippen MR) is 184 cm³/mol. The number of aliphatic hydroxyl groups excluding tert-OH is 1. The van der Waals surface area contributed by atoms with Crippen molar-refractivity contribution in [3.05, 3.63) is 70.3 Å². The van der Waals surface area contributed by atoms with Crippen LogP contribution in [0.5, 0.6) is 5.75 Å². The molecule has 2 fully saturated rings. The summed E-state index contributed by atoms with van der Waals surface area (Å²) in [5, 5.41) is 11.3. The maximum Gasteiger partial charge on any atom is 0.264 e. The molecule has 1 saturated heterocycles. The van der Waals surface area contributed by atoms with Crippen LogP contribution in [-0.4, -0.2) is 63.7 Å². The number of anilines is 1. The van der Waals surface area contributed by atoms with Crippen LogP contribution < -0.4 is 14.4 Å². The van der Waals surface area contributed by atoms with Gasteiger partial charge in [-0.05, 0) is 123 Å². The van der Waals surface area contributed by atoms with E-state index in [4.69, 9.17) is 21.1 Å². The highest BCUT2D eigenvalue weighted by Gasteiger charge is 2.44. The van der Waals surface area contributed by atoms with Crippen LogP contribution in [0.3, 0.4) is 0 Å². The average molecular weight is 683 g/mol. The fraction of sp³-hybridized carbons (Fsp3) is 0.595. The van der Waals surface area contributed by atoms with E-state index in [1.807, 2.05) is 31.2 Å². The second-order valence-electron chi connectivity index (χ2n) is 14.7. The Balaban J connectivity index is 1.26. The number of halogens is 1. The van der Waals surface area contributed by atoms with Crippen LogP contribution in [0.4, 0.5) is 5.69 Å². The predicted octanol–water partition coefficient (Wildman–Crippen LogP) is 6.04. The Kier molecular flexibility index (Phi) is 9.37. The summed E-state index contributed by atoms with van der Waals surface area (Å²) in [6, 6.07) is 11.5. The number of hydrogen-bond donors (Lipinski definition) is 2. The molecule has 5 aliphatic rings. The second-order valence-corrected chi connectivity index (χ2v) is 17.1. The standard InChI is InChI=1S/C37H47ClN2O6S/c1-24-4-2-6-33(41)30-10-7-28(30)21-40-22-37(15-3-5-26-19-29(38)9-11-31(26)37)23-46-34-12-8-27(20-32(34)40)36(42)39-47(43,44)35(24)18-25-13-16-45-17-14-25/h2,6,8-9,11-12,19-20,24-25,28,30,33,35,41H,3-5,7,10,13-18,21-23H2,1H3,(H,39,42)/b6-2-/t24-,28-,30+,33-,35+,37-/m0/s1. The van der Waals surface area contributed by atoms with Gasteiger partial charge in [0, 0.05) is 42.3 Å². The van der Waals surface area contributed by atoms with Gasteiger partial charge in [0.1, 0.15) is 5.75 Å². The van der Waals surface area contributed by atoms with E-state index in [1.165, 1.54) is 11.1 Å². The molecule has 1 amide bonds. The number of hydrogen-bond acceptors (Lipinski definition) is 7. The molecule has 0 aromatic heterocycles. The maximum absolute atomic E-state index is 14.0. The highest BCUT2D eigenvalue weighted by molar-refractivity contribution is 7.90. The molecule has 3 aliphatic heterocycles. The van der Waals surface area contributed by atoms with Gasteiger partial charge in [-0.3, -0.25) is 4.79 Å². The van der Waals surface area contributed by atoms with E-state index in [-0.39, 0.29) is 29.1 Å². The van der Waals surface area contributed by atoms with Crippen LogP contribution in [0.15, 0.2) is 48.6 Å². The number of fused-ring (bicyclic) bond motifs is 4. The highest BCUT2D eigenvalue weighted by atomic mass is 35.5. The van der Waals surface area contributed by atoms with E-state index in [0.717, 1.165) is 55.7 Å². The van der Waals surface area contributed by atoms with Crippen molar-refractivity contribution in [3.63, 3.8) is 0 Å². The number of allylic oxidation sites excluding steroid dienone is 1. The molecule has 7 rings (SSSR count). The number of nitrogens with one attached hydrogen (secondary N) is 1. The van der Waals surface area contributed by atoms with Gasteiger partial charge in [0.25, 0.3) is 5.91 Å². The molecule has 2 aromatic rings. The third-order valence-electron chi connectivity index (χ3n) is 11.7. The summed E-state index contributed by atoms with van der Waals surface area (Å²) in [5.41, 5.74) is 3.33. The largest absolute Gasteiger partial charge is 0.490 e. The number of rotatable bonds is 2. The van der Waals surface area contributed by atoms with Crippen molar-refractivity contribution in [3.8, 4) is 5.75 Å². The molecule has 3 heterocycles. The molecular formula is C37H47ClN2O6S. The van der Waals surface area contributed by atoms with E-state index in [2.05, 4.69) is 21.8 Å². The first-order valence-electron chi connectivity index (χ1n) is 17.4. The first-order valence-corrected chi connectivity index (χ1v) is 19.3. The van der Waals surface area contributed by atoms with Crippen molar-refractivity contribution < 1.29 is 27.8 Å². The van der Waals surface area contributed by atoms with Gasteiger partial charge in [0.15, 0.2) is 0 Å². The summed E-state index contributed by atoms with van der Waals surface area (Å²) >= 11 is 6.42. The number of aliphatic hydroxyl groups is 1. The first kappa shape index (κ1) is 32.9. The van der Waals surface area contributed by atoms with Crippen molar-refractivity contribution in [2.45, 2.75) is 81.5 Å². The molecule has 0 radical (unpaired) electrons. The molecule has 47 heavy (non-hydrogen) atoms. The van der Waals surface area contributed by atoms with Gasteiger partial charge in [0.2, 0.25) is 10.0 Å². The van der Waals surface area contributed by atoms with Crippen LogP contribution in [0.1, 0.15) is 79.8 Å². The zero-order valence-electron chi connectivity index (χ0n) is 27.2. The van der Waals surface area contributed by atoms with E-state index >= 15 is 0 Å². The quantitative estimate of drug-likeness (QED) is 0.372. The van der Waals surface area contributed by atoms with Crippen LogP contribution >= 0.6 is 11.6 Å². The Morgan fingerprint density at radius 1 is 1.11 bits per heavy atom. The molecule has 6 atom stereocenters. The van der Waals surface area contributed by atoms with Crippen molar-refractivity contribution in [2.24, 2.45) is 23.7 Å². The van der Waals surface area contributed by atoms with Gasteiger partial charge in [-0.25, -0.2) is 13.1 Å². The van der Waals surface area contributed by atoms with E-state index in [9.17, 15) is 18.3 Å². The lowest BCUT2D eigenvalue weighted by molar-refractivity contribution is 0.0455. The third-order valence-corrected chi connectivity index (χ3v) is 13.8. The molecule has 1 saturated carbocycles. The number of benzene rings is 2. The number of ether oxygens (including phenoxy) is 2. The molecule has 2 aliphatic carbocycles. The lowest BCUT2D eigenvalue weighted by atomic mass is 9.68. The van der Waals surface area contributed by atoms with E-state index < -0.39 is 27.3 Å². The average Bonchev–Trinajstić information content (AvgIpc) is 3.18. The summed E-state index contributed by atoms with van der Waals surface area (Å²) in [4.78, 5) is 16.1. The van der Waals surface area contributed by atoms with E-state index in [0.29, 0.717) is 57.1 Å². The molecular weight excluding hydrogens is 636 g/mol.